The van der Waals surface area contributed by atoms with Crippen molar-refractivity contribution in [3.8, 4) is 0 Å². The largest absolute Gasteiger partial charge is 0.354 e. The molecule has 4 heteroatoms. The predicted molar refractivity (Wildman–Crippen MR) is 50.2 cm³/mol. The molecule has 1 rings (SSSR count). The van der Waals surface area contributed by atoms with Gasteiger partial charge in [0.15, 0.2) is 0 Å². The van der Waals surface area contributed by atoms with E-state index in [9.17, 15) is 4.79 Å². The average Bonchev–Trinajstić information content (AvgIpc) is 2.34. The highest BCUT2D eigenvalue weighted by Gasteiger charge is 2.07. The summed E-state index contributed by atoms with van der Waals surface area (Å²) in [6.45, 7) is 3.88. The maximum Gasteiger partial charge on any atom is 0.227 e. The normalized spacial score (nSPS) is 10.5. The van der Waals surface area contributed by atoms with Crippen molar-refractivity contribution in [2.24, 2.45) is 7.05 Å². The maximum atomic E-state index is 11.3. The molecule has 0 atom stereocenters. The van der Waals surface area contributed by atoms with E-state index in [4.69, 9.17) is 0 Å². The third kappa shape index (κ3) is 2.89. The molecule has 0 saturated carbocycles. The number of aryl methyl sites for hydroxylation is 1. The van der Waals surface area contributed by atoms with Gasteiger partial charge in [-0.25, -0.2) is 4.98 Å². The second-order valence-electron chi connectivity index (χ2n) is 3.35. The first-order chi connectivity index (χ1) is 6.09. The van der Waals surface area contributed by atoms with E-state index in [0.717, 1.165) is 5.82 Å². The fourth-order valence-electron chi connectivity index (χ4n) is 1.08. The number of nitrogens with zero attached hydrogens (tertiary/aromatic N) is 2. The first-order valence-electron chi connectivity index (χ1n) is 4.35. The van der Waals surface area contributed by atoms with E-state index in [-0.39, 0.29) is 11.9 Å². The Balaban J connectivity index is 2.50. The van der Waals surface area contributed by atoms with Crippen molar-refractivity contribution in [1.29, 1.82) is 0 Å². The van der Waals surface area contributed by atoms with Crippen molar-refractivity contribution in [2.45, 2.75) is 26.3 Å². The van der Waals surface area contributed by atoms with E-state index in [1.54, 1.807) is 6.20 Å². The molecule has 1 N–H and O–H groups in total. The lowest BCUT2D eigenvalue weighted by Crippen LogP contribution is -2.32. The summed E-state index contributed by atoms with van der Waals surface area (Å²) < 4.78 is 1.85. The average molecular weight is 181 g/mol. The number of nitrogens with one attached hydrogen (secondary N) is 1. The molecule has 1 aromatic rings. The Morgan fingerprint density at radius 2 is 2.38 bits per heavy atom. The van der Waals surface area contributed by atoms with Crippen LogP contribution in [0.15, 0.2) is 12.4 Å². The maximum absolute atomic E-state index is 11.3. The van der Waals surface area contributed by atoms with Crippen molar-refractivity contribution in [3.05, 3.63) is 18.2 Å². The number of hydrogen-bond donors (Lipinski definition) is 1. The van der Waals surface area contributed by atoms with Gasteiger partial charge in [-0.15, -0.1) is 0 Å². The van der Waals surface area contributed by atoms with Crippen LogP contribution in [0.1, 0.15) is 19.7 Å². The van der Waals surface area contributed by atoms with E-state index in [1.807, 2.05) is 31.7 Å². The number of carbonyl (C=O) groups excluding carboxylic acids is 1. The van der Waals surface area contributed by atoms with Crippen LogP contribution in [-0.2, 0) is 18.3 Å². The van der Waals surface area contributed by atoms with Gasteiger partial charge in [0.2, 0.25) is 5.91 Å². The van der Waals surface area contributed by atoms with Crippen molar-refractivity contribution >= 4 is 5.91 Å². The van der Waals surface area contributed by atoms with Crippen LogP contribution >= 0.6 is 0 Å². The minimum absolute atomic E-state index is 0.0179. The Hall–Kier alpha value is -1.32. The molecule has 1 aromatic heterocycles. The molecule has 72 valence electrons. The van der Waals surface area contributed by atoms with Crippen LogP contribution in [0.25, 0.3) is 0 Å². The molecular formula is C9H15N3O. The van der Waals surface area contributed by atoms with Crippen LogP contribution in [0.5, 0.6) is 0 Å². The quantitative estimate of drug-likeness (QED) is 0.737. The summed E-state index contributed by atoms with van der Waals surface area (Å²) >= 11 is 0. The van der Waals surface area contributed by atoms with E-state index >= 15 is 0 Å². The summed E-state index contributed by atoms with van der Waals surface area (Å²) in [5, 5.41) is 2.82. The zero-order chi connectivity index (χ0) is 9.84. The van der Waals surface area contributed by atoms with Gasteiger partial charge < -0.3 is 9.88 Å². The monoisotopic (exact) mass is 181 g/mol. The topological polar surface area (TPSA) is 46.9 Å². The van der Waals surface area contributed by atoms with E-state index in [0.29, 0.717) is 6.42 Å². The molecule has 0 radical (unpaired) electrons. The van der Waals surface area contributed by atoms with Gasteiger partial charge in [0.1, 0.15) is 5.82 Å². The molecule has 13 heavy (non-hydrogen) atoms. The van der Waals surface area contributed by atoms with Crippen molar-refractivity contribution in [3.63, 3.8) is 0 Å². The minimum atomic E-state index is 0.0179. The SMILES string of the molecule is CC(C)NC(=O)Cc1nccn1C. The lowest BCUT2D eigenvalue weighted by molar-refractivity contribution is -0.121. The van der Waals surface area contributed by atoms with Gasteiger partial charge in [0, 0.05) is 25.5 Å². The van der Waals surface area contributed by atoms with Gasteiger partial charge in [-0.05, 0) is 13.8 Å². The standard InChI is InChI=1S/C9H15N3O/c1-7(2)11-9(13)6-8-10-4-5-12(8)3/h4-5,7H,6H2,1-3H3,(H,11,13). The third-order valence-corrected chi connectivity index (χ3v) is 1.69. The molecule has 0 aliphatic carbocycles. The van der Waals surface area contributed by atoms with Crippen LogP contribution < -0.4 is 5.32 Å². The lowest BCUT2D eigenvalue weighted by atomic mass is 10.3. The van der Waals surface area contributed by atoms with Crippen molar-refractivity contribution < 1.29 is 4.79 Å². The zero-order valence-electron chi connectivity index (χ0n) is 8.24. The van der Waals surface area contributed by atoms with Crippen LogP contribution in [0.3, 0.4) is 0 Å². The molecule has 1 heterocycles. The van der Waals surface area contributed by atoms with E-state index < -0.39 is 0 Å². The minimum Gasteiger partial charge on any atom is -0.354 e. The Bertz CT molecular complexity index is 291. The Morgan fingerprint density at radius 1 is 1.69 bits per heavy atom. The summed E-state index contributed by atoms with van der Waals surface area (Å²) in [4.78, 5) is 15.4. The second-order valence-corrected chi connectivity index (χ2v) is 3.35. The first-order valence-corrected chi connectivity index (χ1v) is 4.35. The number of amides is 1. The molecule has 0 aliphatic rings. The molecule has 0 aromatic carbocycles. The lowest BCUT2D eigenvalue weighted by Gasteiger charge is -2.07. The van der Waals surface area contributed by atoms with Crippen LogP contribution in [0.4, 0.5) is 0 Å². The van der Waals surface area contributed by atoms with E-state index in [1.165, 1.54) is 0 Å². The van der Waals surface area contributed by atoms with Gasteiger partial charge in [-0.2, -0.15) is 0 Å². The highest BCUT2D eigenvalue weighted by molar-refractivity contribution is 5.77. The Kier molecular flexibility index (Phi) is 3.06. The fraction of sp³-hybridized carbons (Fsp3) is 0.556. The van der Waals surface area contributed by atoms with Crippen LogP contribution in [0.2, 0.25) is 0 Å². The third-order valence-electron chi connectivity index (χ3n) is 1.69. The fourth-order valence-corrected chi connectivity index (χ4v) is 1.08. The van der Waals surface area contributed by atoms with Gasteiger partial charge in [-0.1, -0.05) is 0 Å². The van der Waals surface area contributed by atoms with E-state index in [2.05, 4.69) is 10.3 Å². The summed E-state index contributed by atoms with van der Waals surface area (Å²) in [5.41, 5.74) is 0. The van der Waals surface area contributed by atoms with Crippen molar-refractivity contribution in [1.82, 2.24) is 14.9 Å². The summed E-state index contributed by atoms with van der Waals surface area (Å²) in [7, 11) is 1.88. The number of imidazole rings is 1. The first kappa shape index (κ1) is 9.77. The summed E-state index contributed by atoms with van der Waals surface area (Å²) in [5.74, 6) is 0.808. The van der Waals surface area contributed by atoms with Crippen LogP contribution in [0, 0.1) is 0 Å². The Morgan fingerprint density at radius 3 is 2.85 bits per heavy atom. The molecule has 1 amide bonds. The molecule has 0 saturated heterocycles. The predicted octanol–water partition coefficient (Wildman–Crippen LogP) is 0.487. The molecule has 0 spiro atoms. The Labute approximate surface area is 78.0 Å². The number of rotatable bonds is 3. The smallest absolute Gasteiger partial charge is 0.227 e. The number of carbonyl (C=O) groups is 1. The molecule has 0 aliphatic heterocycles. The summed E-state index contributed by atoms with van der Waals surface area (Å²) in [6.07, 6.45) is 3.87. The summed E-state index contributed by atoms with van der Waals surface area (Å²) in [6, 6.07) is 0.188. The number of hydrogen-bond acceptors (Lipinski definition) is 2. The second kappa shape index (κ2) is 4.07. The van der Waals surface area contributed by atoms with Crippen LogP contribution in [-0.4, -0.2) is 21.5 Å². The molecule has 4 nitrogen and oxygen atoms in total. The van der Waals surface area contributed by atoms with Gasteiger partial charge in [-0.3, -0.25) is 4.79 Å². The van der Waals surface area contributed by atoms with Gasteiger partial charge in [0.05, 0.1) is 6.42 Å². The highest BCUT2D eigenvalue weighted by atomic mass is 16.1. The number of aromatic nitrogens is 2. The molecule has 0 fully saturated rings. The molecular weight excluding hydrogens is 166 g/mol. The molecule has 0 bridgehead atoms. The van der Waals surface area contributed by atoms with Crippen molar-refractivity contribution in [2.75, 3.05) is 0 Å². The highest BCUT2D eigenvalue weighted by Crippen LogP contribution is 1.95. The molecule has 0 unspecified atom stereocenters. The van der Waals surface area contributed by atoms with Gasteiger partial charge >= 0.3 is 0 Å². The van der Waals surface area contributed by atoms with Gasteiger partial charge in [0.25, 0.3) is 0 Å². The zero-order valence-corrected chi connectivity index (χ0v) is 8.24.